The first-order valence-corrected chi connectivity index (χ1v) is 11.1. The fraction of sp³-hybridized carbons (Fsp3) is 0.348. The van der Waals surface area contributed by atoms with E-state index < -0.39 is 6.36 Å². The van der Waals surface area contributed by atoms with Gasteiger partial charge in [-0.2, -0.15) is 0 Å². The van der Waals surface area contributed by atoms with Crippen molar-refractivity contribution in [3.63, 3.8) is 0 Å². The lowest BCUT2D eigenvalue weighted by atomic mass is 9.82. The number of rotatable bonds is 4. The third-order valence-electron chi connectivity index (χ3n) is 6.04. The van der Waals surface area contributed by atoms with Crippen LogP contribution in [0, 0.1) is 5.92 Å². The van der Waals surface area contributed by atoms with Crippen LogP contribution in [0.25, 0.3) is 11.1 Å². The van der Waals surface area contributed by atoms with E-state index in [4.69, 9.17) is 0 Å². The molecular weight excluding hydrogens is 425 g/mol. The second kappa shape index (κ2) is 7.84. The van der Waals surface area contributed by atoms with Gasteiger partial charge in [0.25, 0.3) is 5.56 Å². The van der Waals surface area contributed by atoms with Crippen LogP contribution in [-0.2, 0) is 13.1 Å². The van der Waals surface area contributed by atoms with Gasteiger partial charge in [-0.25, -0.2) is 0 Å². The molecule has 0 aliphatic carbocycles. The summed E-state index contributed by atoms with van der Waals surface area (Å²) in [4.78, 5) is 17.1. The van der Waals surface area contributed by atoms with Crippen molar-refractivity contribution in [2.24, 2.45) is 5.92 Å². The van der Waals surface area contributed by atoms with Crippen molar-refractivity contribution in [1.29, 1.82) is 0 Å². The Bertz CT molecular complexity index is 1120. The maximum Gasteiger partial charge on any atom is 0.573 e. The Labute approximate surface area is 181 Å². The summed E-state index contributed by atoms with van der Waals surface area (Å²) in [6, 6.07) is 13.5. The number of thiophene rings is 1. The zero-order chi connectivity index (χ0) is 21.6. The van der Waals surface area contributed by atoms with E-state index in [-0.39, 0.29) is 11.3 Å². The lowest BCUT2D eigenvalue weighted by Crippen LogP contribution is -2.46. The summed E-state index contributed by atoms with van der Waals surface area (Å²) in [6.07, 6.45) is -3.65. The molecule has 0 unspecified atom stereocenters. The zero-order valence-electron chi connectivity index (χ0n) is 16.6. The first-order valence-electron chi connectivity index (χ1n) is 10.2. The van der Waals surface area contributed by atoms with Gasteiger partial charge in [-0.05, 0) is 53.6 Å². The Morgan fingerprint density at radius 1 is 1.03 bits per heavy atom. The molecule has 2 aliphatic rings. The van der Waals surface area contributed by atoms with E-state index in [0.717, 1.165) is 31.7 Å². The summed E-state index contributed by atoms with van der Waals surface area (Å²) in [5.74, 6) is 0.438. The number of halogens is 3. The van der Waals surface area contributed by atoms with Gasteiger partial charge < -0.3 is 9.30 Å². The first kappa shape index (κ1) is 20.3. The van der Waals surface area contributed by atoms with E-state index in [2.05, 4.69) is 27.1 Å². The third-order valence-corrected chi connectivity index (χ3v) is 6.90. The summed E-state index contributed by atoms with van der Waals surface area (Å²) in [5.41, 5.74) is 2.06. The largest absolute Gasteiger partial charge is 0.573 e. The van der Waals surface area contributed by atoms with Crippen molar-refractivity contribution in [3.8, 4) is 16.9 Å². The summed E-state index contributed by atoms with van der Waals surface area (Å²) in [7, 11) is 0. The molecule has 1 aromatic carbocycles. The molecule has 2 bridgehead atoms. The van der Waals surface area contributed by atoms with Gasteiger partial charge in [-0.3, -0.25) is 9.69 Å². The Morgan fingerprint density at radius 2 is 1.84 bits per heavy atom. The second-order valence-corrected chi connectivity index (χ2v) is 9.26. The molecular formula is C23H21F3N2O2S. The lowest BCUT2D eigenvalue weighted by molar-refractivity contribution is -0.274. The number of nitrogens with zero attached hydrogens (tertiary/aromatic N) is 2. The molecule has 2 atom stereocenters. The van der Waals surface area contributed by atoms with E-state index in [0.29, 0.717) is 29.5 Å². The summed E-state index contributed by atoms with van der Waals surface area (Å²) in [5, 5.41) is 2.10. The van der Waals surface area contributed by atoms with Crippen molar-refractivity contribution < 1.29 is 17.9 Å². The highest BCUT2D eigenvalue weighted by Crippen LogP contribution is 2.36. The maximum absolute atomic E-state index is 13.2. The Hall–Kier alpha value is -2.58. The first-order chi connectivity index (χ1) is 14.9. The number of ether oxygens (including phenoxy) is 1. The summed E-state index contributed by atoms with van der Waals surface area (Å²) >= 11 is 1.77. The van der Waals surface area contributed by atoms with Gasteiger partial charge in [0.1, 0.15) is 5.75 Å². The molecule has 0 spiro atoms. The third kappa shape index (κ3) is 4.27. The van der Waals surface area contributed by atoms with Gasteiger partial charge in [0.05, 0.1) is 0 Å². The highest BCUT2D eigenvalue weighted by Gasteiger charge is 2.35. The molecule has 8 heteroatoms. The number of aromatic nitrogens is 1. The highest BCUT2D eigenvalue weighted by atomic mass is 32.1. The van der Waals surface area contributed by atoms with Gasteiger partial charge >= 0.3 is 6.36 Å². The van der Waals surface area contributed by atoms with Gasteiger partial charge in [-0.15, -0.1) is 24.5 Å². The van der Waals surface area contributed by atoms with E-state index in [1.54, 1.807) is 17.4 Å². The number of benzene rings is 1. The molecule has 5 rings (SSSR count). The summed E-state index contributed by atoms with van der Waals surface area (Å²) in [6.45, 7) is 3.51. The Balaban J connectivity index is 1.39. The van der Waals surface area contributed by atoms with Crippen molar-refractivity contribution in [2.75, 3.05) is 13.1 Å². The molecule has 3 aromatic rings. The monoisotopic (exact) mass is 446 g/mol. The highest BCUT2D eigenvalue weighted by molar-refractivity contribution is 7.09. The summed E-state index contributed by atoms with van der Waals surface area (Å²) < 4.78 is 42.9. The van der Waals surface area contributed by atoms with E-state index in [1.165, 1.54) is 29.1 Å². The van der Waals surface area contributed by atoms with Gasteiger partial charge in [0.2, 0.25) is 0 Å². The molecule has 0 saturated carbocycles. The zero-order valence-corrected chi connectivity index (χ0v) is 17.5. The van der Waals surface area contributed by atoms with Crippen molar-refractivity contribution in [3.05, 3.63) is 74.8 Å². The van der Waals surface area contributed by atoms with Crippen LogP contribution in [0.1, 0.15) is 22.9 Å². The molecule has 2 aromatic heterocycles. The van der Waals surface area contributed by atoms with E-state index in [1.807, 2.05) is 10.6 Å². The Kier molecular flexibility index (Phi) is 5.14. The Morgan fingerprint density at radius 3 is 2.55 bits per heavy atom. The fourth-order valence-corrected chi connectivity index (χ4v) is 5.60. The van der Waals surface area contributed by atoms with Crippen LogP contribution < -0.4 is 10.3 Å². The SMILES string of the molecule is O=c1c(-c2ccc(OC(F)(F)F)cc2)ccc2n1C[C@@H]1C[C@@H]2CN(Cc2cccs2)C1. The van der Waals surface area contributed by atoms with Gasteiger partial charge in [-0.1, -0.05) is 18.2 Å². The molecule has 4 heterocycles. The standard InChI is InChI=1S/C23H21F3N2O2S/c24-23(25,26)30-18-5-3-16(4-6-18)20-7-8-21-17-10-15(12-28(21)22(20)29)11-27(13-17)14-19-2-1-9-31-19/h1-9,15,17H,10-14H2/t15-,17-/m1/s1. The van der Waals surface area contributed by atoms with Gasteiger partial charge in [0, 0.05) is 48.2 Å². The molecule has 31 heavy (non-hydrogen) atoms. The predicted molar refractivity (Wildman–Crippen MR) is 113 cm³/mol. The molecule has 162 valence electrons. The van der Waals surface area contributed by atoms with Crippen LogP contribution in [0.5, 0.6) is 5.75 Å². The number of pyridine rings is 1. The number of alkyl halides is 3. The molecule has 0 N–H and O–H groups in total. The van der Waals surface area contributed by atoms with E-state index in [9.17, 15) is 18.0 Å². The molecule has 2 aliphatic heterocycles. The molecule has 1 saturated heterocycles. The lowest BCUT2D eigenvalue weighted by Gasteiger charge is -2.42. The molecule has 0 radical (unpaired) electrons. The van der Waals surface area contributed by atoms with Crippen molar-refractivity contribution in [2.45, 2.75) is 31.8 Å². The van der Waals surface area contributed by atoms with Crippen molar-refractivity contribution >= 4 is 11.3 Å². The molecule has 4 nitrogen and oxygen atoms in total. The number of piperidine rings is 1. The maximum atomic E-state index is 13.2. The molecule has 1 fully saturated rings. The number of hydrogen-bond donors (Lipinski definition) is 0. The van der Waals surface area contributed by atoms with Crippen LogP contribution in [0.15, 0.2) is 58.7 Å². The fourth-order valence-electron chi connectivity index (χ4n) is 4.85. The average molecular weight is 446 g/mol. The van der Waals surface area contributed by atoms with Crippen LogP contribution in [-0.4, -0.2) is 28.9 Å². The number of fused-ring (bicyclic) bond motifs is 4. The predicted octanol–water partition coefficient (Wildman–Crippen LogP) is 5.09. The minimum atomic E-state index is -4.73. The molecule has 0 amide bonds. The minimum Gasteiger partial charge on any atom is -0.406 e. The second-order valence-electron chi connectivity index (χ2n) is 8.23. The topological polar surface area (TPSA) is 34.5 Å². The van der Waals surface area contributed by atoms with Crippen molar-refractivity contribution in [1.82, 2.24) is 9.47 Å². The van der Waals surface area contributed by atoms with Crippen LogP contribution in [0.2, 0.25) is 0 Å². The van der Waals surface area contributed by atoms with Crippen LogP contribution in [0.4, 0.5) is 13.2 Å². The van der Waals surface area contributed by atoms with Crippen LogP contribution in [0.3, 0.4) is 0 Å². The number of likely N-dealkylation sites (tertiary alicyclic amines) is 1. The van der Waals surface area contributed by atoms with Crippen LogP contribution >= 0.6 is 11.3 Å². The minimum absolute atomic E-state index is 0.0802. The smallest absolute Gasteiger partial charge is 0.406 e. The number of hydrogen-bond acceptors (Lipinski definition) is 4. The quantitative estimate of drug-likeness (QED) is 0.560. The average Bonchev–Trinajstić information content (AvgIpc) is 3.21. The normalized spacial score (nSPS) is 21.0. The van der Waals surface area contributed by atoms with E-state index >= 15 is 0 Å². The van der Waals surface area contributed by atoms with Gasteiger partial charge in [0.15, 0.2) is 0 Å².